The molecule has 0 unspecified atom stereocenters. The fourth-order valence-electron chi connectivity index (χ4n) is 2.41. The van der Waals surface area contributed by atoms with Gasteiger partial charge in [0.25, 0.3) is 0 Å². The number of methoxy groups -OCH3 is 1. The third-order valence-corrected chi connectivity index (χ3v) is 3.61. The molecule has 1 N–H and O–H groups in total. The van der Waals surface area contributed by atoms with Crippen LogP contribution in [0.5, 0.6) is 0 Å². The van der Waals surface area contributed by atoms with Gasteiger partial charge < -0.3 is 19.7 Å². The van der Waals surface area contributed by atoms with Gasteiger partial charge in [-0.3, -0.25) is 4.79 Å². The van der Waals surface area contributed by atoms with E-state index in [4.69, 9.17) is 9.47 Å². The Kier molecular flexibility index (Phi) is 7.93. The zero-order valence-electron chi connectivity index (χ0n) is 17.2. The van der Waals surface area contributed by atoms with Gasteiger partial charge in [-0.1, -0.05) is 34.6 Å². The minimum absolute atomic E-state index is 0.136. The molecule has 2 amide bonds. The van der Waals surface area contributed by atoms with Gasteiger partial charge in [-0.2, -0.15) is 0 Å². The minimum atomic E-state index is -0.849. The minimum Gasteiger partial charge on any atom is -0.467 e. The van der Waals surface area contributed by atoms with Gasteiger partial charge in [0.2, 0.25) is 5.91 Å². The van der Waals surface area contributed by atoms with Crippen LogP contribution in [0.15, 0.2) is 0 Å². The molecule has 0 bridgehead atoms. The number of hydrogen-bond donors (Lipinski definition) is 1. The average molecular weight is 358 g/mol. The molecule has 0 aromatic rings. The Labute approximate surface area is 151 Å². The Balaban J connectivity index is 5.50. The number of nitrogens with one attached hydrogen (secondary N) is 1. The van der Waals surface area contributed by atoms with Crippen LogP contribution >= 0.6 is 0 Å². The van der Waals surface area contributed by atoms with Crippen molar-refractivity contribution in [2.75, 3.05) is 14.2 Å². The van der Waals surface area contributed by atoms with Crippen molar-refractivity contribution < 1.29 is 23.9 Å². The van der Waals surface area contributed by atoms with Crippen LogP contribution in [-0.4, -0.2) is 54.7 Å². The van der Waals surface area contributed by atoms with Crippen molar-refractivity contribution in [3.05, 3.63) is 0 Å². The van der Waals surface area contributed by atoms with E-state index in [1.807, 2.05) is 34.6 Å². The summed E-state index contributed by atoms with van der Waals surface area (Å²) in [7, 11) is 2.83. The maximum Gasteiger partial charge on any atom is 0.408 e. The Morgan fingerprint density at radius 3 is 1.80 bits per heavy atom. The molecular formula is C18H34N2O5. The lowest BCUT2D eigenvalue weighted by molar-refractivity contribution is -0.155. The number of rotatable bonds is 5. The number of esters is 1. The number of likely N-dealkylation sites (N-methyl/N-ethyl adjacent to an activating group) is 1. The second-order valence-corrected chi connectivity index (χ2v) is 8.61. The monoisotopic (exact) mass is 358 g/mol. The van der Waals surface area contributed by atoms with E-state index in [9.17, 15) is 14.4 Å². The van der Waals surface area contributed by atoms with Crippen molar-refractivity contribution >= 4 is 18.0 Å². The number of amides is 2. The van der Waals surface area contributed by atoms with E-state index in [1.165, 1.54) is 12.0 Å². The fourth-order valence-corrected chi connectivity index (χ4v) is 2.41. The van der Waals surface area contributed by atoms with Crippen molar-refractivity contribution in [1.82, 2.24) is 10.2 Å². The van der Waals surface area contributed by atoms with Crippen LogP contribution in [0.4, 0.5) is 4.79 Å². The number of hydrogen-bond acceptors (Lipinski definition) is 5. The van der Waals surface area contributed by atoms with Crippen molar-refractivity contribution in [3.8, 4) is 0 Å². The van der Waals surface area contributed by atoms with Gasteiger partial charge in [0, 0.05) is 7.05 Å². The molecule has 2 atom stereocenters. The predicted octanol–water partition coefficient (Wildman–Crippen LogP) is 2.58. The maximum atomic E-state index is 13.0. The van der Waals surface area contributed by atoms with E-state index >= 15 is 0 Å². The third-order valence-electron chi connectivity index (χ3n) is 3.61. The first-order valence-electron chi connectivity index (χ1n) is 8.45. The molecule has 0 saturated carbocycles. The molecule has 0 radical (unpaired) electrons. The summed E-state index contributed by atoms with van der Waals surface area (Å²) in [5, 5.41) is 2.64. The fraction of sp³-hybridized carbons (Fsp3) is 0.833. The highest BCUT2D eigenvalue weighted by Gasteiger charge is 2.40. The summed E-state index contributed by atoms with van der Waals surface area (Å²) in [6.45, 7) is 14.4. The summed E-state index contributed by atoms with van der Waals surface area (Å²) >= 11 is 0. The summed E-state index contributed by atoms with van der Waals surface area (Å²) in [6, 6.07) is -1.58. The van der Waals surface area contributed by atoms with E-state index in [0.29, 0.717) is 0 Å². The summed E-state index contributed by atoms with van der Waals surface area (Å²) in [5.74, 6) is -0.998. The highest BCUT2D eigenvalue weighted by molar-refractivity contribution is 5.90. The SMILES string of the molecule is COC(=O)[C@H](C(C)C)N(C)C(=O)[C@@H](NC(=O)OC(C)(C)C)C(C)(C)C. The summed E-state index contributed by atoms with van der Waals surface area (Å²) in [6.07, 6.45) is -0.673. The molecule has 25 heavy (non-hydrogen) atoms. The van der Waals surface area contributed by atoms with Gasteiger partial charge in [-0.15, -0.1) is 0 Å². The molecule has 0 aromatic carbocycles. The molecule has 7 nitrogen and oxygen atoms in total. The van der Waals surface area contributed by atoms with Crippen LogP contribution < -0.4 is 5.32 Å². The lowest BCUT2D eigenvalue weighted by Crippen LogP contribution is -2.58. The van der Waals surface area contributed by atoms with Crippen molar-refractivity contribution in [3.63, 3.8) is 0 Å². The highest BCUT2D eigenvalue weighted by atomic mass is 16.6. The molecule has 0 heterocycles. The zero-order chi connectivity index (χ0) is 20.2. The molecule has 0 aliphatic heterocycles. The Hall–Kier alpha value is -1.79. The number of carbonyl (C=O) groups is 3. The number of carbonyl (C=O) groups excluding carboxylic acids is 3. The Bertz CT molecular complexity index is 489. The van der Waals surface area contributed by atoms with Crippen LogP contribution in [0.1, 0.15) is 55.4 Å². The molecule has 0 spiro atoms. The van der Waals surface area contributed by atoms with Gasteiger partial charge in [0.1, 0.15) is 17.7 Å². The van der Waals surface area contributed by atoms with E-state index in [1.54, 1.807) is 27.8 Å². The first-order chi connectivity index (χ1) is 11.1. The molecule has 146 valence electrons. The summed E-state index contributed by atoms with van der Waals surface area (Å²) in [4.78, 5) is 38.5. The zero-order valence-corrected chi connectivity index (χ0v) is 17.2. The average Bonchev–Trinajstić information content (AvgIpc) is 2.40. The predicted molar refractivity (Wildman–Crippen MR) is 96.0 cm³/mol. The van der Waals surface area contributed by atoms with Gasteiger partial charge in [-0.25, -0.2) is 9.59 Å². The molecule has 0 saturated heterocycles. The van der Waals surface area contributed by atoms with E-state index in [0.717, 1.165) is 0 Å². The number of ether oxygens (including phenoxy) is 2. The molecule has 0 fully saturated rings. The van der Waals surface area contributed by atoms with Crippen molar-refractivity contribution in [2.45, 2.75) is 73.1 Å². The Morgan fingerprint density at radius 1 is 1.00 bits per heavy atom. The standard InChI is InChI=1S/C18H34N2O5/c1-11(2)12(15(22)24-10)20(9)14(21)13(17(3,4)5)19-16(23)25-18(6,7)8/h11-13H,1-10H3,(H,19,23)/t12-,13+/m0/s1. The van der Waals surface area contributed by atoms with Crippen molar-refractivity contribution in [1.29, 1.82) is 0 Å². The Morgan fingerprint density at radius 2 is 1.48 bits per heavy atom. The van der Waals surface area contributed by atoms with Crippen molar-refractivity contribution in [2.24, 2.45) is 11.3 Å². The normalized spacial score (nSPS) is 14.5. The quantitative estimate of drug-likeness (QED) is 0.764. The van der Waals surface area contributed by atoms with E-state index < -0.39 is 35.2 Å². The summed E-state index contributed by atoms with van der Waals surface area (Å²) < 4.78 is 10.1. The first-order valence-corrected chi connectivity index (χ1v) is 8.45. The number of nitrogens with zero attached hydrogens (tertiary/aromatic N) is 1. The third kappa shape index (κ3) is 7.32. The molecule has 0 aromatic heterocycles. The van der Waals surface area contributed by atoms with Crippen LogP contribution in [0.2, 0.25) is 0 Å². The van der Waals surface area contributed by atoms with Gasteiger partial charge in [-0.05, 0) is 32.1 Å². The van der Waals surface area contributed by atoms with Crippen LogP contribution in [-0.2, 0) is 19.1 Å². The molecule has 0 aliphatic carbocycles. The van der Waals surface area contributed by atoms with Gasteiger partial charge >= 0.3 is 12.1 Å². The number of alkyl carbamates (subject to hydrolysis) is 1. The van der Waals surface area contributed by atoms with Gasteiger partial charge in [0.05, 0.1) is 7.11 Å². The molecule has 7 heteroatoms. The molecule has 0 rings (SSSR count). The largest absolute Gasteiger partial charge is 0.467 e. The molecule has 0 aliphatic rings. The second kappa shape index (κ2) is 8.54. The lowest BCUT2D eigenvalue weighted by Gasteiger charge is -2.37. The maximum absolute atomic E-state index is 13.0. The van der Waals surface area contributed by atoms with Crippen LogP contribution in [0.25, 0.3) is 0 Å². The topological polar surface area (TPSA) is 84.9 Å². The van der Waals surface area contributed by atoms with E-state index in [-0.39, 0.29) is 11.8 Å². The molecular weight excluding hydrogens is 324 g/mol. The van der Waals surface area contributed by atoms with Crippen LogP contribution in [0, 0.1) is 11.3 Å². The summed E-state index contributed by atoms with van der Waals surface area (Å²) in [5.41, 5.74) is -1.24. The first kappa shape index (κ1) is 23.2. The highest BCUT2D eigenvalue weighted by Crippen LogP contribution is 2.23. The lowest BCUT2D eigenvalue weighted by atomic mass is 9.85. The van der Waals surface area contributed by atoms with Crippen LogP contribution in [0.3, 0.4) is 0 Å². The van der Waals surface area contributed by atoms with Gasteiger partial charge in [0.15, 0.2) is 0 Å². The smallest absolute Gasteiger partial charge is 0.408 e. The second-order valence-electron chi connectivity index (χ2n) is 8.61. The van der Waals surface area contributed by atoms with E-state index in [2.05, 4.69) is 5.32 Å².